The van der Waals surface area contributed by atoms with E-state index in [0.717, 1.165) is 16.7 Å². The van der Waals surface area contributed by atoms with Crippen molar-refractivity contribution in [2.45, 2.75) is 38.5 Å². The largest absolute Gasteiger partial charge is 0.481 e. The van der Waals surface area contributed by atoms with Gasteiger partial charge in [0, 0.05) is 12.6 Å². The Labute approximate surface area is 227 Å². The summed E-state index contributed by atoms with van der Waals surface area (Å²) in [5.74, 6) is -1.58. The number of fused-ring (bicyclic) bond motifs is 2. The summed E-state index contributed by atoms with van der Waals surface area (Å²) in [5, 5.41) is 12.5. The molecular weight excluding hydrogens is 494 g/mol. The van der Waals surface area contributed by atoms with Gasteiger partial charge in [0.2, 0.25) is 0 Å². The predicted octanol–water partition coefficient (Wildman–Crippen LogP) is 5.91. The fraction of sp³-hybridized carbons (Fsp3) is 0.258. The van der Waals surface area contributed by atoms with Crippen molar-refractivity contribution in [3.8, 4) is 0 Å². The van der Waals surface area contributed by atoms with Crippen LogP contribution in [0, 0.1) is 5.92 Å². The van der Waals surface area contributed by atoms with E-state index in [1.807, 2.05) is 97.9 Å². The van der Waals surface area contributed by atoms with Gasteiger partial charge < -0.3 is 20.1 Å². The molecule has 0 aromatic heterocycles. The van der Waals surface area contributed by atoms with Crippen molar-refractivity contribution in [2.75, 3.05) is 11.4 Å². The molecule has 1 saturated carbocycles. The second-order valence-corrected chi connectivity index (χ2v) is 9.73. The Kier molecular flexibility index (Phi) is 7.63. The normalized spacial score (nSPS) is 17.7. The van der Waals surface area contributed by atoms with Crippen molar-refractivity contribution in [3.05, 3.63) is 95.6 Å². The van der Waals surface area contributed by atoms with Gasteiger partial charge in [-0.25, -0.2) is 9.59 Å². The number of hydrogen-bond donors (Lipinski definition) is 2. The van der Waals surface area contributed by atoms with Gasteiger partial charge in [0.05, 0.1) is 23.3 Å². The maximum atomic E-state index is 14.5. The molecule has 1 aliphatic heterocycles. The first kappa shape index (κ1) is 26.0. The Bertz CT molecular complexity index is 1340. The van der Waals surface area contributed by atoms with Crippen LogP contribution in [0.2, 0.25) is 0 Å². The predicted molar refractivity (Wildman–Crippen MR) is 149 cm³/mol. The summed E-state index contributed by atoms with van der Waals surface area (Å²) >= 11 is 0. The van der Waals surface area contributed by atoms with Crippen LogP contribution < -0.4 is 10.2 Å². The van der Waals surface area contributed by atoms with Crippen LogP contribution in [0.1, 0.15) is 36.5 Å². The zero-order valence-corrected chi connectivity index (χ0v) is 21.7. The fourth-order valence-corrected chi connectivity index (χ4v) is 5.03. The average molecular weight is 526 g/mol. The summed E-state index contributed by atoms with van der Waals surface area (Å²) in [5.41, 5.74) is 4.05. The van der Waals surface area contributed by atoms with Crippen LogP contribution >= 0.6 is 0 Å². The topological polar surface area (TPSA) is 99.2 Å². The number of nitrogens with zero attached hydrogens (tertiary/aromatic N) is 2. The highest BCUT2D eigenvalue weighted by molar-refractivity contribution is 6.06. The number of carboxylic acid groups (broad SMARTS) is 1. The number of rotatable bonds is 8. The molecule has 3 atom stereocenters. The van der Waals surface area contributed by atoms with Gasteiger partial charge in [-0.15, -0.1) is 0 Å². The lowest BCUT2D eigenvalue weighted by Crippen LogP contribution is -2.52. The third-order valence-corrected chi connectivity index (χ3v) is 7.20. The Balaban J connectivity index is 1.41. The maximum Gasteiger partial charge on any atom is 0.407 e. The van der Waals surface area contributed by atoms with Crippen LogP contribution in [0.15, 0.2) is 78.9 Å². The molecule has 0 radical (unpaired) electrons. The van der Waals surface area contributed by atoms with Crippen molar-refractivity contribution in [1.82, 2.24) is 10.2 Å². The third-order valence-electron chi connectivity index (χ3n) is 7.20. The summed E-state index contributed by atoms with van der Waals surface area (Å²) < 4.78 is 5.36. The number of anilines is 2. The molecular formula is C31H31N3O5. The van der Waals surface area contributed by atoms with Gasteiger partial charge in [0.1, 0.15) is 6.61 Å². The zero-order valence-electron chi connectivity index (χ0n) is 21.7. The smallest absolute Gasteiger partial charge is 0.407 e. The molecule has 1 heterocycles. The molecule has 1 aliphatic carbocycles. The molecule has 39 heavy (non-hydrogen) atoms. The minimum absolute atomic E-state index is 0.129. The first-order valence-corrected chi connectivity index (χ1v) is 13.1. The number of alkyl carbamates (subject to hydrolysis) is 1. The first-order chi connectivity index (χ1) is 19.0. The summed E-state index contributed by atoms with van der Waals surface area (Å²) in [6, 6.07) is 23.4. The number of para-hydroxylation sites is 2. The Morgan fingerprint density at radius 1 is 0.949 bits per heavy atom. The van der Waals surface area contributed by atoms with Crippen molar-refractivity contribution in [3.63, 3.8) is 0 Å². The highest BCUT2D eigenvalue weighted by Crippen LogP contribution is 2.42. The molecule has 2 N–H and O–H groups in total. The van der Waals surface area contributed by atoms with Gasteiger partial charge in [-0.1, -0.05) is 85.8 Å². The molecule has 2 aliphatic rings. The monoisotopic (exact) mass is 525 g/mol. The Hall–Kier alpha value is -4.59. The van der Waals surface area contributed by atoms with Crippen LogP contribution in [-0.4, -0.2) is 46.7 Å². The summed E-state index contributed by atoms with van der Waals surface area (Å²) in [6.07, 6.45) is 4.24. The van der Waals surface area contributed by atoms with Gasteiger partial charge in [-0.2, -0.15) is 0 Å². The van der Waals surface area contributed by atoms with E-state index < -0.39 is 30.1 Å². The second-order valence-electron chi connectivity index (χ2n) is 9.73. The zero-order chi connectivity index (χ0) is 27.4. The van der Waals surface area contributed by atoms with Gasteiger partial charge in [-0.3, -0.25) is 9.69 Å². The number of carboxylic acids is 1. The van der Waals surface area contributed by atoms with Crippen molar-refractivity contribution >= 4 is 41.6 Å². The van der Waals surface area contributed by atoms with Crippen molar-refractivity contribution in [1.29, 1.82) is 0 Å². The van der Waals surface area contributed by atoms with E-state index in [2.05, 4.69) is 5.32 Å². The number of hydrogen-bond acceptors (Lipinski definition) is 4. The van der Waals surface area contributed by atoms with E-state index in [-0.39, 0.29) is 19.2 Å². The Morgan fingerprint density at radius 3 is 2.10 bits per heavy atom. The molecule has 0 unspecified atom stereocenters. The number of carbonyl (C=O) groups excluding carboxylic acids is 2. The summed E-state index contributed by atoms with van der Waals surface area (Å²) in [4.78, 5) is 42.2. The fourth-order valence-electron chi connectivity index (χ4n) is 5.03. The summed E-state index contributed by atoms with van der Waals surface area (Å²) in [6.45, 7) is 2.18. The average Bonchev–Trinajstić information content (AvgIpc) is 3.77. The number of urea groups is 1. The number of ether oxygens (including phenoxy) is 1. The lowest BCUT2D eigenvalue weighted by atomic mass is 10.1. The Morgan fingerprint density at radius 2 is 1.54 bits per heavy atom. The van der Waals surface area contributed by atoms with E-state index in [4.69, 9.17) is 4.74 Å². The van der Waals surface area contributed by atoms with Crippen molar-refractivity contribution < 1.29 is 24.2 Å². The molecule has 8 nitrogen and oxygen atoms in total. The van der Waals surface area contributed by atoms with E-state index >= 15 is 0 Å². The number of nitrogens with one attached hydrogen (secondary N) is 1. The number of amides is 3. The van der Waals surface area contributed by atoms with Crippen LogP contribution in [0.5, 0.6) is 0 Å². The number of benzene rings is 3. The van der Waals surface area contributed by atoms with Crippen LogP contribution in [-0.2, 0) is 16.1 Å². The third kappa shape index (κ3) is 5.65. The molecule has 3 aromatic rings. The van der Waals surface area contributed by atoms with Crippen LogP contribution in [0.4, 0.5) is 21.0 Å². The quantitative estimate of drug-likeness (QED) is 0.381. The van der Waals surface area contributed by atoms with Gasteiger partial charge in [-0.05, 0) is 41.7 Å². The highest BCUT2D eigenvalue weighted by Gasteiger charge is 2.52. The van der Waals surface area contributed by atoms with E-state index in [1.54, 1.807) is 9.80 Å². The van der Waals surface area contributed by atoms with Crippen molar-refractivity contribution in [2.24, 2.45) is 5.92 Å². The molecule has 8 heteroatoms. The highest BCUT2D eigenvalue weighted by atomic mass is 16.5. The SMILES string of the molecule is CC[C@H](CNC(=O)OCc1ccccc1)N(C(=O)N1c2ccccc2C=Cc2ccccc21)[C@H]1C[C@H]1C(=O)O. The lowest BCUT2D eigenvalue weighted by Gasteiger charge is -2.37. The standard InChI is InChI=1S/C31H31N3O5/c1-2-24(19-32-30(37)39-20-21-10-4-3-5-11-21)33(28-18-25(28)29(35)36)31(38)34-26-14-8-6-12-22(26)16-17-23-13-7-9-15-27(23)34/h3-17,24-25,28H,2,18-20H2,1H3,(H,32,37)(H,35,36)/t24-,25-,28+/m1/s1. The lowest BCUT2D eigenvalue weighted by molar-refractivity contribution is -0.138. The van der Waals surface area contributed by atoms with Crippen LogP contribution in [0.3, 0.4) is 0 Å². The van der Waals surface area contributed by atoms with Crippen LogP contribution in [0.25, 0.3) is 12.2 Å². The molecule has 3 amide bonds. The molecule has 200 valence electrons. The minimum atomic E-state index is -0.929. The first-order valence-electron chi connectivity index (χ1n) is 13.1. The second kappa shape index (κ2) is 11.4. The van der Waals surface area contributed by atoms with E-state index in [1.165, 1.54) is 0 Å². The molecule has 0 bridgehead atoms. The number of aliphatic carboxylic acids is 1. The van der Waals surface area contributed by atoms with Gasteiger partial charge in [0.15, 0.2) is 0 Å². The molecule has 5 rings (SSSR count). The minimum Gasteiger partial charge on any atom is -0.481 e. The summed E-state index contributed by atoms with van der Waals surface area (Å²) in [7, 11) is 0. The molecule has 0 saturated heterocycles. The van der Waals surface area contributed by atoms with E-state index in [9.17, 15) is 19.5 Å². The molecule has 3 aromatic carbocycles. The van der Waals surface area contributed by atoms with Gasteiger partial charge >= 0.3 is 18.1 Å². The molecule has 0 spiro atoms. The number of carbonyl (C=O) groups is 3. The van der Waals surface area contributed by atoms with E-state index in [0.29, 0.717) is 24.2 Å². The maximum absolute atomic E-state index is 14.5. The molecule has 1 fully saturated rings. The van der Waals surface area contributed by atoms with Gasteiger partial charge in [0.25, 0.3) is 0 Å².